The van der Waals surface area contributed by atoms with E-state index in [0.717, 1.165) is 6.42 Å². The zero-order valence-electron chi connectivity index (χ0n) is 12.5. The Morgan fingerprint density at radius 1 is 1.30 bits per heavy atom. The van der Waals surface area contributed by atoms with Gasteiger partial charge in [-0.25, -0.2) is 0 Å². The Labute approximate surface area is 119 Å². The van der Waals surface area contributed by atoms with Gasteiger partial charge in [0.1, 0.15) is 5.75 Å². The predicted octanol–water partition coefficient (Wildman–Crippen LogP) is 3.19. The average Bonchev–Trinajstić information content (AvgIpc) is 2.40. The maximum Gasteiger partial charge on any atom is 0.270 e. The summed E-state index contributed by atoms with van der Waals surface area (Å²) in [6.45, 7) is 7.98. The number of carbonyl (C=O) groups is 2. The van der Waals surface area contributed by atoms with Crippen molar-refractivity contribution in [2.45, 2.75) is 46.1 Å². The standard InChI is InChI=1S/C16H21NO3/c1-5-7-13(18)11-8-9-14-12(10-11)17(6-2)15(19)16(3,4)20-14/h8-10H,5-7H2,1-4H3. The van der Waals surface area contributed by atoms with E-state index in [1.807, 2.05) is 13.8 Å². The highest BCUT2D eigenvalue weighted by atomic mass is 16.5. The summed E-state index contributed by atoms with van der Waals surface area (Å²) in [6, 6.07) is 5.33. The summed E-state index contributed by atoms with van der Waals surface area (Å²) in [5.41, 5.74) is 0.469. The lowest BCUT2D eigenvalue weighted by molar-refractivity contribution is -0.132. The molecule has 0 atom stereocenters. The summed E-state index contributed by atoms with van der Waals surface area (Å²) >= 11 is 0. The number of amides is 1. The molecule has 1 aromatic carbocycles. The monoisotopic (exact) mass is 275 g/mol. The van der Waals surface area contributed by atoms with Crippen LogP contribution in [0.1, 0.15) is 50.9 Å². The van der Waals surface area contributed by atoms with E-state index in [9.17, 15) is 9.59 Å². The van der Waals surface area contributed by atoms with Gasteiger partial charge in [0, 0.05) is 18.5 Å². The van der Waals surface area contributed by atoms with E-state index in [2.05, 4.69) is 0 Å². The van der Waals surface area contributed by atoms with Crippen molar-refractivity contribution in [1.29, 1.82) is 0 Å². The Morgan fingerprint density at radius 2 is 2.00 bits per heavy atom. The number of anilines is 1. The van der Waals surface area contributed by atoms with Crippen LogP contribution in [0.15, 0.2) is 18.2 Å². The molecule has 0 bridgehead atoms. The normalized spacial score (nSPS) is 16.6. The molecule has 0 aromatic heterocycles. The summed E-state index contributed by atoms with van der Waals surface area (Å²) in [6.07, 6.45) is 1.33. The van der Waals surface area contributed by atoms with Gasteiger partial charge < -0.3 is 9.64 Å². The van der Waals surface area contributed by atoms with E-state index in [-0.39, 0.29) is 11.7 Å². The van der Waals surface area contributed by atoms with Crippen LogP contribution >= 0.6 is 0 Å². The van der Waals surface area contributed by atoms with Gasteiger partial charge in [0.2, 0.25) is 0 Å². The lowest BCUT2D eigenvalue weighted by Crippen LogP contribution is -2.52. The van der Waals surface area contributed by atoms with Gasteiger partial charge >= 0.3 is 0 Å². The first-order valence-electron chi connectivity index (χ1n) is 7.09. The van der Waals surface area contributed by atoms with Crippen LogP contribution in [0, 0.1) is 0 Å². The fourth-order valence-corrected chi connectivity index (χ4v) is 2.43. The molecule has 0 unspecified atom stereocenters. The van der Waals surface area contributed by atoms with Crippen molar-refractivity contribution < 1.29 is 14.3 Å². The van der Waals surface area contributed by atoms with Crippen LogP contribution < -0.4 is 9.64 Å². The Balaban J connectivity index is 2.45. The van der Waals surface area contributed by atoms with E-state index >= 15 is 0 Å². The summed E-state index contributed by atoms with van der Waals surface area (Å²) in [7, 11) is 0. The largest absolute Gasteiger partial charge is 0.476 e. The molecule has 0 aliphatic carbocycles. The van der Waals surface area contributed by atoms with Crippen molar-refractivity contribution in [2.24, 2.45) is 0 Å². The van der Waals surface area contributed by atoms with Crippen LogP contribution in [0.4, 0.5) is 5.69 Å². The average molecular weight is 275 g/mol. The molecule has 1 aliphatic heterocycles. The molecule has 1 amide bonds. The number of rotatable bonds is 4. The summed E-state index contributed by atoms with van der Waals surface area (Å²) in [4.78, 5) is 26.0. The van der Waals surface area contributed by atoms with Crippen LogP contribution in [0.25, 0.3) is 0 Å². The van der Waals surface area contributed by atoms with Crippen LogP contribution in [-0.4, -0.2) is 23.8 Å². The molecular formula is C16H21NO3. The highest BCUT2D eigenvalue weighted by Gasteiger charge is 2.40. The molecule has 108 valence electrons. The molecule has 0 fully saturated rings. The molecule has 0 saturated carbocycles. The number of nitrogens with zero attached hydrogens (tertiary/aromatic N) is 1. The predicted molar refractivity (Wildman–Crippen MR) is 78.4 cm³/mol. The molecule has 0 spiro atoms. The van der Waals surface area contributed by atoms with Gasteiger partial charge in [0.25, 0.3) is 5.91 Å². The number of ether oxygens (including phenoxy) is 1. The van der Waals surface area contributed by atoms with Gasteiger partial charge in [-0.1, -0.05) is 6.92 Å². The molecule has 4 heteroatoms. The van der Waals surface area contributed by atoms with Crippen LogP contribution in [0.3, 0.4) is 0 Å². The van der Waals surface area contributed by atoms with Crippen LogP contribution in [0.2, 0.25) is 0 Å². The van der Waals surface area contributed by atoms with Gasteiger partial charge in [-0.3, -0.25) is 9.59 Å². The van der Waals surface area contributed by atoms with Crippen LogP contribution in [0.5, 0.6) is 5.75 Å². The molecule has 0 radical (unpaired) electrons. The van der Waals surface area contributed by atoms with E-state index in [0.29, 0.717) is 30.0 Å². The van der Waals surface area contributed by atoms with E-state index < -0.39 is 5.60 Å². The second-order valence-corrected chi connectivity index (χ2v) is 5.52. The first-order chi connectivity index (χ1) is 9.40. The maximum absolute atomic E-state index is 12.4. The van der Waals surface area contributed by atoms with Crippen molar-refractivity contribution in [3.8, 4) is 5.75 Å². The number of hydrogen-bond donors (Lipinski definition) is 0. The fraction of sp³-hybridized carbons (Fsp3) is 0.500. The third-order valence-electron chi connectivity index (χ3n) is 3.49. The molecule has 1 heterocycles. The molecule has 2 rings (SSSR count). The first kappa shape index (κ1) is 14.6. The second-order valence-electron chi connectivity index (χ2n) is 5.52. The minimum absolute atomic E-state index is 0.0763. The number of benzene rings is 1. The molecule has 4 nitrogen and oxygen atoms in total. The maximum atomic E-state index is 12.4. The van der Waals surface area contributed by atoms with Crippen LogP contribution in [-0.2, 0) is 4.79 Å². The number of ketones is 1. The Bertz CT molecular complexity index is 549. The minimum atomic E-state index is -0.863. The summed E-state index contributed by atoms with van der Waals surface area (Å²) < 4.78 is 5.76. The second kappa shape index (κ2) is 5.27. The zero-order chi connectivity index (χ0) is 14.9. The van der Waals surface area contributed by atoms with Gasteiger partial charge in [-0.05, 0) is 45.4 Å². The van der Waals surface area contributed by atoms with Crippen molar-refractivity contribution >= 4 is 17.4 Å². The third-order valence-corrected chi connectivity index (χ3v) is 3.49. The van der Waals surface area contributed by atoms with Gasteiger partial charge in [0.15, 0.2) is 11.4 Å². The van der Waals surface area contributed by atoms with E-state index in [4.69, 9.17) is 4.74 Å². The minimum Gasteiger partial charge on any atom is -0.476 e. The zero-order valence-corrected chi connectivity index (χ0v) is 12.5. The number of Topliss-reactive ketones (excluding diaryl/α,β-unsaturated/α-hetero) is 1. The Hall–Kier alpha value is -1.84. The highest BCUT2D eigenvalue weighted by Crippen LogP contribution is 2.38. The van der Waals surface area contributed by atoms with Crippen molar-refractivity contribution in [3.05, 3.63) is 23.8 Å². The molecule has 20 heavy (non-hydrogen) atoms. The number of hydrogen-bond acceptors (Lipinski definition) is 3. The smallest absolute Gasteiger partial charge is 0.270 e. The summed E-state index contributed by atoms with van der Waals surface area (Å²) in [5.74, 6) is 0.681. The lowest BCUT2D eigenvalue weighted by Gasteiger charge is -2.38. The van der Waals surface area contributed by atoms with Gasteiger partial charge in [-0.2, -0.15) is 0 Å². The number of fused-ring (bicyclic) bond motifs is 1. The molecule has 0 N–H and O–H groups in total. The number of likely N-dealkylation sites (N-methyl/N-ethyl adjacent to an activating group) is 1. The Kier molecular flexibility index (Phi) is 3.84. The topological polar surface area (TPSA) is 46.6 Å². The number of carbonyl (C=O) groups excluding carboxylic acids is 2. The highest BCUT2D eigenvalue weighted by molar-refractivity contribution is 6.04. The molecule has 0 saturated heterocycles. The lowest BCUT2D eigenvalue weighted by atomic mass is 10.0. The third kappa shape index (κ3) is 2.42. The first-order valence-corrected chi connectivity index (χ1v) is 7.09. The quantitative estimate of drug-likeness (QED) is 0.793. The summed E-state index contributed by atoms with van der Waals surface area (Å²) in [5, 5.41) is 0. The van der Waals surface area contributed by atoms with Crippen molar-refractivity contribution in [3.63, 3.8) is 0 Å². The van der Waals surface area contributed by atoms with E-state index in [1.165, 1.54) is 0 Å². The SMILES string of the molecule is CCCC(=O)c1ccc2c(c1)N(CC)C(=O)C(C)(C)O2. The molecule has 1 aliphatic rings. The molecular weight excluding hydrogens is 254 g/mol. The van der Waals surface area contributed by atoms with Gasteiger partial charge in [-0.15, -0.1) is 0 Å². The molecule has 1 aromatic rings. The van der Waals surface area contributed by atoms with Crippen molar-refractivity contribution in [1.82, 2.24) is 0 Å². The van der Waals surface area contributed by atoms with Crippen molar-refractivity contribution in [2.75, 3.05) is 11.4 Å². The van der Waals surface area contributed by atoms with E-state index in [1.54, 1.807) is 36.9 Å². The van der Waals surface area contributed by atoms with Gasteiger partial charge in [0.05, 0.1) is 5.69 Å². The Morgan fingerprint density at radius 3 is 2.60 bits per heavy atom. The fourth-order valence-electron chi connectivity index (χ4n) is 2.43.